The van der Waals surface area contributed by atoms with Crippen molar-refractivity contribution in [2.24, 2.45) is 0 Å². The number of hydrogen-bond acceptors (Lipinski definition) is 5. The maximum atomic E-state index is 11.2. The van der Waals surface area contributed by atoms with E-state index in [0.717, 1.165) is 42.4 Å². The van der Waals surface area contributed by atoms with Gasteiger partial charge in [-0.3, -0.25) is 4.79 Å². The maximum Gasteiger partial charge on any atom is 0.217 e. The van der Waals surface area contributed by atoms with E-state index in [1.54, 1.807) is 6.20 Å². The van der Waals surface area contributed by atoms with Gasteiger partial charge in [0.25, 0.3) is 0 Å². The minimum Gasteiger partial charge on any atom is -0.492 e. The zero-order chi connectivity index (χ0) is 19.2. The highest BCUT2D eigenvalue weighted by Crippen LogP contribution is 2.24. The van der Waals surface area contributed by atoms with Crippen LogP contribution >= 0.6 is 0 Å². The lowest BCUT2D eigenvalue weighted by molar-refractivity contribution is -0.119. The molecule has 0 radical (unpaired) electrons. The van der Waals surface area contributed by atoms with E-state index in [4.69, 9.17) is 9.47 Å². The molecule has 0 saturated carbocycles. The number of carbonyl (C=O) groups is 1. The third-order valence-corrected chi connectivity index (χ3v) is 4.60. The lowest BCUT2D eigenvalue weighted by Gasteiger charge is -2.19. The van der Waals surface area contributed by atoms with Crippen LogP contribution in [0.2, 0.25) is 0 Å². The zero-order valence-corrected chi connectivity index (χ0v) is 16.1. The second-order valence-corrected chi connectivity index (χ2v) is 6.75. The van der Waals surface area contributed by atoms with Gasteiger partial charge in [-0.15, -0.1) is 0 Å². The molecule has 3 rings (SSSR count). The first-order chi connectivity index (χ1) is 13.0. The third-order valence-electron chi connectivity index (χ3n) is 4.60. The van der Waals surface area contributed by atoms with Crippen LogP contribution < -0.4 is 19.7 Å². The first-order valence-corrected chi connectivity index (χ1v) is 9.42. The first-order valence-electron chi connectivity index (χ1n) is 9.42. The number of nitrogens with zero attached hydrogens (tertiary/aromatic N) is 2. The summed E-state index contributed by atoms with van der Waals surface area (Å²) in [7, 11) is 0. The normalized spacial score (nSPS) is 17.4. The summed E-state index contributed by atoms with van der Waals surface area (Å²) < 4.78 is 11.6. The van der Waals surface area contributed by atoms with Crippen molar-refractivity contribution in [2.75, 3.05) is 24.6 Å². The number of ether oxygens (including phenoxy) is 2. The third kappa shape index (κ3) is 5.12. The zero-order valence-electron chi connectivity index (χ0n) is 16.1. The van der Waals surface area contributed by atoms with Gasteiger partial charge in [-0.05, 0) is 43.7 Å². The average Bonchev–Trinajstić information content (AvgIpc) is 3.11. The van der Waals surface area contributed by atoms with Crippen LogP contribution in [0.15, 0.2) is 42.6 Å². The Morgan fingerprint density at radius 3 is 2.63 bits per heavy atom. The van der Waals surface area contributed by atoms with Gasteiger partial charge in [-0.2, -0.15) is 0 Å². The second kappa shape index (κ2) is 8.75. The largest absolute Gasteiger partial charge is 0.492 e. The molecule has 1 amide bonds. The fraction of sp³-hybridized carbons (Fsp3) is 0.429. The van der Waals surface area contributed by atoms with Crippen molar-refractivity contribution in [2.45, 2.75) is 39.3 Å². The summed E-state index contributed by atoms with van der Waals surface area (Å²) in [6, 6.07) is 11.9. The molecule has 1 saturated heterocycles. The number of pyridine rings is 1. The summed E-state index contributed by atoms with van der Waals surface area (Å²) in [5.41, 5.74) is 1.06. The van der Waals surface area contributed by atoms with E-state index in [-0.39, 0.29) is 18.1 Å². The Morgan fingerprint density at radius 2 is 2.00 bits per heavy atom. The van der Waals surface area contributed by atoms with Crippen molar-refractivity contribution < 1.29 is 14.3 Å². The highest BCUT2D eigenvalue weighted by Gasteiger charge is 2.25. The molecular formula is C21H27N3O3. The quantitative estimate of drug-likeness (QED) is 0.811. The minimum atomic E-state index is -0.0308. The number of nitrogens with one attached hydrogen (secondary N) is 1. The van der Waals surface area contributed by atoms with E-state index in [1.165, 1.54) is 6.92 Å². The summed E-state index contributed by atoms with van der Waals surface area (Å²) >= 11 is 0. The average molecular weight is 369 g/mol. The van der Waals surface area contributed by atoms with Crippen LogP contribution in [-0.4, -0.2) is 36.7 Å². The number of carbonyl (C=O) groups excluding carboxylic acids is 1. The lowest BCUT2D eigenvalue weighted by Crippen LogP contribution is -2.25. The first kappa shape index (κ1) is 19.0. The predicted molar refractivity (Wildman–Crippen MR) is 105 cm³/mol. The van der Waals surface area contributed by atoms with Crippen LogP contribution in [0.25, 0.3) is 0 Å². The molecule has 1 aromatic heterocycles. The van der Waals surface area contributed by atoms with Crippen molar-refractivity contribution in [3.05, 3.63) is 48.2 Å². The molecule has 27 heavy (non-hydrogen) atoms. The molecule has 1 N–H and O–H groups in total. The smallest absolute Gasteiger partial charge is 0.217 e. The Labute approximate surface area is 160 Å². The molecule has 6 nitrogen and oxygen atoms in total. The van der Waals surface area contributed by atoms with Crippen LogP contribution in [0, 0.1) is 0 Å². The van der Waals surface area contributed by atoms with Crippen LogP contribution in [0.3, 0.4) is 0 Å². The number of aromatic nitrogens is 1. The van der Waals surface area contributed by atoms with Crippen molar-refractivity contribution >= 4 is 11.7 Å². The highest BCUT2D eigenvalue weighted by molar-refractivity contribution is 5.73. The van der Waals surface area contributed by atoms with E-state index < -0.39 is 0 Å². The molecule has 0 unspecified atom stereocenters. The van der Waals surface area contributed by atoms with Crippen molar-refractivity contribution in [1.82, 2.24) is 10.3 Å². The van der Waals surface area contributed by atoms with Gasteiger partial charge in [0.15, 0.2) is 0 Å². The molecule has 144 valence electrons. The lowest BCUT2D eigenvalue weighted by atomic mass is 10.1. The van der Waals surface area contributed by atoms with Crippen molar-refractivity contribution in [3.8, 4) is 11.5 Å². The van der Waals surface area contributed by atoms with Gasteiger partial charge in [0, 0.05) is 19.9 Å². The molecule has 1 fully saturated rings. The summed E-state index contributed by atoms with van der Waals surface area (Å²) in [5, 5.41) is 2.89. The van der Waals surface area contributed by atoms with Gasteiger partial charge < -0.3 is 19.7 Å². The summed E-state index contributed by atoms with van der Waals surface area (Å²) in [4.78, 5) is 17.9. The van der Waals surface area contributed by atoms with Crippen molar-refractivity contribution in [1.29, 1.82) is 0 Å². The molecule has 2 aromatic rings. The van der Waals surface area contributed by atoms with Gasteiger partial charge in [0.05, 0.1) is 25.4 Å². The fourth-order valence-electron chi connectivity index (χ4n) is 3.26. The molecule has 1 aliphatic rings. The highest BCUT2D eigenvalue weighted by atomic mass is 16.5. The Bertz CT molecular complexity index is 746. The van der Waals surface area contributed by atoms with Crippen LogP contribution in [0.4, 0.5) is 5.82 Å². The van der Waals surface area contributed by atoms with Crippen LogP contribution in [0.5, 0.6) is 11.5 Å². The Balaban J connectivity index is 1.54. The number of rotatable bonds is 7. The Morgan fingerprint density at radius 1 is 1.26 bits per heavy atom. The van der Waals surface area contributed by atoms with E-state index in [2.05, 4.69) is 15.2 Å². The van der Waals surface area contributed by atoms with Gasteiger partial charge in [-0.25, -0.2) is 4.98 Å². The van der Waals surface area contributed by atoms with E-state index in [9.17, 15) is 4.79 Å². The van der Waals surface area contributed by atoms with Gasteiger partial charge >= 0.3 is 0 Å². The Hall–Kier alpha value is -2.76. The molecule has 0 bridgehead atoms. The second-order valence-electron chi connectivity index (χ2n) is 6.75. The number of amides is 1. The fourth-order valence-corrected chi connectivity index (χ4v) is 3.26. The molecule has 0 aliphatic carbocycles. The standard InChI is InChI=1S/C21H27N3O3/c1-4-26-19-9-10-21(22-13-19)24-12-11-20(14-24)27-18-7-5-17(6-8-18)15(2)23-16(3)25/h5-10,13,15,20H,4,11-12,14H2,1-3H3,(H,23,25)/t15-,20+/m0/s1. The summed E-state index contributed by atoms with van der Waals surface area (Å²) in [5.74, 6) is 2.56. The molecule has 2 heterocycles. The van der Waals surface area contributed by atoms with Gasteiger partial charge in [0.2, 0.25) is 5.91 Å². The van der Waals surface area contributed by atoms with E-state index in [1.807, 2.05) is 50.2 Å². The van der Waals surface area contributed by atoms with Crippen LogP contribution in [0.1, 0.15) is 38.8 Å². The van der Waals surface area contributed by atoms with Gasteiger partial charge in [0.1, 0.15) is 23.4 Å². The molecular weight excluding hydrogens is 342 g/mol. The molecule has 0 spiro atoms. The summed E-state index contributed by atoms with van der Waals surface area (Å²) in [6.45, 7) is 7.83. The van der Waals surface area contributed by atoms with Gasteiger partial charge in [-0.1, -0.05) is 12.1 Å². The summed E-state index contributed by atoms with van der Waals surface area (Å²) in [6.07, 6.45) is 2.86. The number of anilines is 1. The SMILES string of the molecule is CCOc1ccc(N2CC[C@@H](Oc3ccc([C@H](C)NC(C)=O)cc3)C2)nc1. The number of benzene rings is 1. The molecule has 6 heteroatoms. The topological polar surface area (TPSA) is 63.7 Å². The maximum absolute atomic E-state index is 11.2. The molecule has 1 aliphatic heterocycles. The molecule has 2 atom stereocenters. The predicted octanol–water partition coefficient (Wildman–Crippen LogP) is 3.34. The van der Waals surface area contributed by atoms with Crippen LogP contribution in [-0.2, 0) is 4.79 Å². The minimum absolute atomic E-state index is 0.00995. The van der Waals surface area contributed by atoms with E-state index >= 15 is 0 Å². The number of hydrogen-bond donors (Lipinski definition) is 1. The van der Waals surface area contributed by atoms with Crippen molar-refractivity contribution in [3.63, 3.8) is 0 Å². The van der Waals surface area contributed by atoms with E-state index in [0.29, 0.717) is 6.61 Å². The Kier molecular flexibility index (Phi) is 6.16. The molecule has 1 aromatic carbocycles. The monoisotopic (exact) mass is 369 g/mol.